The lowest BCUT2D eigenvalue weighted by atomic mass is 9.85. The van der Waals surface area contributed by atoms with Gasteiger partial charge in [-0.1, -0.05) is 48.4 Å². The molecular weight excluding hydrogens is 362 g/mol. The molecule has 1 saturated carbocycles. The number of nitrogens with one attached hydrogen (secondary N) is 1. The summed E-state index contributed by atoms with van der Waals surface area (Å²) in [5.74, 6) is 2.51. The van der Waals surface area contributed by atoms with Gasteiger partial charge in [0, 0.05) is 51.5 Å². The number of nitrogens with zero attached hydrogens (tertiary/aromatic N) is 4. The van der Waals surface area contributed by atoms with Crippen LogP contribution in [0.2, 0.25) is 0 Å². The first kappa shape index (κ1) is 19.8. The van der Waals surface area contributed by atoms with Crippen molar-refractivity contribution in [2.75, 3.05) is 26.2 Å². The summed E-state index contributed by atoms with van der Waals surface area (Å²) in [4.78, 5) is 14.5. The van der Waals surface area contributed by atoms with Gasteiger partial charge in [0.25, 0.3) is 0 Å². The Morgan fingerprint density at radius 3 is 2.76 bits per heavy atom. The molecule has 1 N–H and O–H groups in total. The topological polar surface area (TPSA) is 63.1 Å². The number of hydrogen-bond acceptors (Lipinski definition) is 4. The van der Waals surface area contributed by atoms with Crippen LogP contribution in [0.4, 0.5) is 0 Å². The van der Waals surface area contributed by atoms with Gasteiger partial charge in [-0.25, -0.2) is 0 Å². The first-order valence-electron chi connectivity index (χ1n) is 10.8. The summed E-state index contributed by atoms with van der Waals surface area (Å²) in [5, 5.41) is 11.9. The summed E-state index contributed by atoms with van der Waals surface area (Å²) in [6, 6.07) is 10.5. The standard InChI is InChI=1S/C23H31N5O/c1-18(16-19-6-3-2-4-7-19)17-27-13-11-22-26-25-21(28(22)15-14-27)10-12-24-23(29)20-8-5-9-20/h2-4,6-7,16,20H,5,8-15,17H2,1H3,(H,24,29). The normalized spacial score (nSPS) is 18.0. The molecule has 29 heavy (non-hydrogen) atoms. The average Bonchev–Trinajstić information content (AvgIpc) is 2.94. The molecule has 6 nitrogen and oxygen atoms in total. The third-order valence-corrected chi connectivity index (χ3v) is 6.00. The van der Waals surface area contributed by atoms with Gasteiger partial charge in [-0.3, -0.25) is 9.69 Å². The van der Waals surface area contributed by atoms with E-state index in [-0.39, 0.29) is 11.8 Å². The number of amides is 1. The smallest absolute Gasteiger partial charge is 0.223 e. The van der Waals surface area contributed by atoms with Gasteiger partial charge in [0.2, 0.25) is 5.91 Å². The molecule has 154 valence electrons. The lowest BCUT2D eigenvalue weighted by Gasteiger charge is -2.24. The molecule has 0 bridgehead atoms. The van der Waals surface area contributed by atoms with Crippen LogP contribution in [0, 0.1) is 5.92 Å². The number of hydrogen-bond donors (Lipinski definition) is 1. The summed E-state index contributed by atoms with van der Waals surface area (Å²) in [7, 11) is 0. The van der Waals surface area contributed by atoms with Gasteiger partial charge >= 0.3 is 0 Å². The van der Waals surface area contributed by atoms with Crippen LogP contribution in [0.25, 0.3) is 6.08 Å². The molecule has 0 spiro atoms. The Morgan fingerprint density at radius 2 is 2.00 bits per heavy atom. The van der Waals surface area contributed by atoms with E-state index in [2.05, 4.69) is 62.2 Å². The van der Waals surface area contributed by atoms with Gasteiger partial charge in [0.05, 0.1) is 0 Å². The molecule has 0 radical (unpaired) electrons. The predicted octanol–water partition coefficient (Wildman–Crippen LogP) is 2.70. The second-order valence-corrected chi connectivity index (χ2v) is 8.28. The van der Waals surface area contributed by atoms with Crippen molar-refractivity contribution in [3.05, 3.63) is 53.1 Å². The van der Waals surface area contributed by atoms with Gasteiger partial charge < -0.3 is 9.88 Å². The summed E-state index contributed by atoms with van der Waals surface area (Å²) >= 11 is 0. The van der Waals surface area contributed by atoms with E-state index < -0.39 is 0 Å². The second kappa shape index (κ2) is 9.35. The van der Waals surface area contributed by atoms with Crippen LogP contribution >= 0.6 is 0 Å². The monoisotopic (exact) mass is 393 g/mol. The first-order valence-corrected chi connectivity index (χ1v) is 10.8. The van der Waals surface area contributed by atoms with Gasteiger partial charge in [-0.05, 0) is 25.3 Å². The van der Waals surface area contributed by atoms with E-state index in [0.29, 0.717) is 6.54 Å². The minimum absolute atomic E-state index is 0.207. The molecule has 1 aliphatic heterocycles. The summed E-state index contributed by atoms with van der Waals surface area (Å²) < 4.78 is 2.26. The molecule has 6 heteroatoms. The number of fused-ring (bicyclic) bond motifs is 1. The van der Waals surface area contributed by atoms with Crippen LogP contribution in [-0.2, 0) is 24.2 Å². The molecule has 1 fully saturated rings. The van der Waals surface area contributed by atoms with Crippen molar-refractivity contribution in [2.45, 2.75) is 45.6 Å². The molecule has 0 atom stereocenters. The zero-order chi connectivity index (χ0) is 20.1. The third kappa shape index (κ3) is 5.12. The maximum absolute atomic E-state index is 12.0. The largest absolute Gasteiger partial charge is 0.355 e. The van der Waals surface area contributed by atoms with Crippen molar-refractivity contribution in [1.29, 1.82) is 0 Å². The Bertz CT molecular complexity index is 853. The number of carbonyl (C=O) groups excluding carboxylic acids is 1. The van der Waals surface area contributed by atoms with Crippen molar-refractivity contribution in [3.8, 4) is 0 Å². The average molecular weight is 394 g/mol. The molecule has 2 aromatic rings. The summed E-state index contributed by atoms with van der Waals surface area (Å²) in [6.07, 6.45) is 7.20. The summed E-state index contributed by atoms with van der Waals surface area (Å²) in [5.41, 5.74) is 2.62. The van der Waals surface area contributed by atoms with Gasteiger partial charge in [-0.2, -0.15) is 0 Å². The number of benzene rings is 1. The van der Waals surface area contributed by atoms with Crippen LogP contribution < -0.4 is 5.32 Å². The highest BCUT2D eigenvalue weighted by molar-refractivity contribution is 5.79. The third-order valence-electron chi connectivity index (χ3n) is 6.00. The zero-order valence-corrected chi connectivity index (χ0v) is 17.3. The lowest BCUT2D eigenvalue weighted by Crippen LogP contribution is -2.35. The molecule has 1 amide bonds. The Kier molecular flexibility index (Phi) is 6.39. The van der Waals surface area contributed by atoms with E-state index in [1.54, 1.807) is 0 Å². The molecule has 1 aromatic carbocycles. The van der Waals surface area contributed by atoms with E-state index >= 15 is 0 Å². The van der Waals surface area contributed by atoms with Crippen LogP contribution in [0.5, 0.6) is 0 Å². The molecule has 0 unspecified atom stereocenters. The lowest BCUT2D eigenvalue weighted by molar-refractivity contribution is -0.127. The highest BCUT2D eigenvalue weighted by Gasteiger charge is 2.25. The SMILES string of the molecule is CC(=Cc1ccccc1)CN1CCc2nnc(CCNC(=O)C3CCC3)n2CC1. The number of aromatic nitrogens is 3. The van der Waals surface area contributed by atoms with Crippen molar-refractivity contribution < 1.29 is 4.79 Å². The highest BCUT2D eigenvalue weighted by atomic mass is 16.1. The van der Waals surface area contributed by atoms with E-state index in [4.69, 9.17) is 0 Å². The van der Waals surface area contributed by atoms with Crippen molar-refractivity contribution in [2.24, 2.45) is 5.92 Å². The maximum atomic E-state index is 12.0. The predicted molar refractivity (Wildman–Crippen MR) is 114 cm³/mol. The fourth-order valence-corrected chi connectivity index (χ4v) is 4.11. The Morgan fingerprint density at radius 1 is 1.17 bits per heavy atom. The molecule has 1 aliphatic carbocycles. The quantitative estimate of drug-likeness (QED) is 0.786. The summed E-state index contributed by atoms with van der Waals surface area (Å²) in [6.45, 7) is 6.72. The number of rotatable bonds is 7. The first-order chi connectivity index (χ1) is 14.2. The van der Waals surface area contributed by atoms with Crippen molar-refractivity contribution in [1.82, 2.24) is 25.0 Å². The fourth-order valence-electron chi connectivity index (χ4n) is 4.11. The molecule has 4 rings (SSSR count). The molecule has 1 aromatic heterocycles. The molecular formula is C23H31N5O. The van der Waals surface area contributed by atoms with E-state index in [1.165, 1.54) is 17.6 Å². The fraction of sp³-hybridized carbons (Fsp3) is 0.522. The van der Waals surface area contributed by atoms with Crippen LogP contribution in [0.1, 0.15) is 43.4 Å². The minimum atomic E-state index is 0.207. The Balaban J connectivity index is 1.29. The van der Waals surface area contributed by atoms with Crippen molar-refractivity contribution in [3.63, 3.8) is 0 Å². The van der Waals surface area contributed by atoms with Crippen LogP contribution in [-0.4, -0.2) is 51.8 Å². The Hall–Kier alpha value is -2.47. The highest BCUT2D eigenvalue weighted by Crippen LogP contribution is 2.26. The van der Waals surface area contributed by atoms with Crippen LogP contribution in [0.3, 0.4) is 0 Å². The van der Waals surface area contributed by atoms with E-state index in [9.17, 15) is 4.79 Å². The van der Waals surface area contributed by atoms with Crippen molar-refractivity contribution >= 4 is 12.0 Å². The minimum Gasteiger partial charge on any atom is -0.355 e. The molecule has 2 aliphatic rings. The van der Waals surface area contributed by atoms with Gasteiger partial charge in [0.1, 0.15) is 11.6 Å². The molecule has 0 saturated heterocycles. The maximum Gasteiger partial charge on any atom is 0.223 e. The zero-order valence-electron chi connectivity index (χ0n) is 17.3. The number of carbonyl (C=O) groups is 1. The van der Waals surface area contributed by atoms with E-state index in [0.717, 1.165) is 63.5 Å². The Labute approximate surface area is 173 Å². The molecule has 2 heterocycles. The van der Waals surface area contributed by atoms with Crippen LogP contribution in [0.15, 0.2) is 35.9 Å². The van der Waals surface area contributed by atoms with Gasteiger partial charge in [-0.15, -0.1) is 10.2 Å². The van der Waals surface area contributed by atoms with Gasteiger partial charge in [0.15, 0.2) is 0 Å². The van der Waals surface area contributed by atoms with E-state index in [1.807, 2.05) is 6.07 Å². The second-order valence-electron chi connectivity index (χ2n) is 8.28.